The average Bonchev–Trinajstić information content (AvgIpc) is 2.89. The highest BCUT2D eigenvalue weighted by Gasteiger charge is 2.34. The summed E-state index contributed by atoms with van der Waals surface area (Å²) in [6.07, 6.45) is 1.53. The summed E-state index contributed by atoms with van der Waals surface area (Å²) in [5.41, 5.74) is 7.54. The zero-order valence-corrected chi connectivity index (χ0v) is 14.3. The average molecular weight is 349 g/mol. The Labute approximate surface area is 146 Å². The molecule has 128 valence electrons. The number of nitrogens with zero attached hydrogens (tertiary/aromatic N) is 3. The number of benzene rings is 1. The van der Waals surface area contributed by atoms with Crippen molar-refractivity contribution >= 4 is 17.5 Å². The van der Waals surface area contributed by atoms with E-state index in [0.29, 0.717) is 31.4 Å². The number of primary amides is 1. The third-order valence-electron chi connectivity index (χ3n) is 4.28. The normalized spacial score (nSPS) is 21.8. The van der Waals surface area contributed by atoms with Gasteiger partial charge < -0.3 is 10.5 Å². The lowest BCUT2D eigenvalue weighted by molar-refractivity contribution is -0.136. The molecule has 1 aromatic carbocycles. The predicted octanol–water partition coefficient (Wildman–Crippen LogP) is 1.66. The minimum Gasteiger partial charge on any atom is -0.375 e. The van der Waals surface area contributed by atoms with Crippen LogP contribution in [0, 0.1) is 0 Å². The highest BCUT2D eigenvalue weighted by atomic mass is 35.5. The van der Waals surface area contributed by atoms with Gasteiger partial charge in [0.15, 0.2) is 0 Å². The summed E-state index contributed by atoms with van der Waals surface area (Å²) in [6, 6.07) is 9.56. The van der Waals surface area contributed by atoms with Gasteiger partial charge in [0, 0.05) is 18.7 Å². The van der Waals surface area contributed by atoms with Crippen LogP contribution in [-0.4, -0.2) is 45.9 Å². The van der Waals surface area contributed by atoms with E-state index in [1.165, 1.54) is 0 Å². The maximum Gasteiger partial charge on any atom is 0.237 e. The van der Waals surface area contributed by atoms with Crippen molar-refractivity contribution in [2.24, 2.45) is 5.73 Å². The van der Waals surface area contributed by atoms with Gasteiger partial charge in [0.05, 0.1) is 25.5 Å². The quantitative estimate of drug-likeness (QED) is 0.891. The summed E-state index contributed by atoms with van der Waals surface area (Å²) in [4.78, 5) is 13.7. The summed E-state index contributed by atoms with van der Waals surface area (Å²) in [7, 11) is 0. The molecule has 2 aromatic rings. The second-order valence-electron chi connectivity index (χ2n) is 6.00. The molecule has 6 nitrogen and oxygen atoms in total. The summed E-state index contributed by atoms with van der Waals surface area (Å²) < 4.78 is 7.30. The van der Waals surface area contributed by atoms with E-state index in [1.54, 1.807) is 10.9 Å². The fourth-order valence-corrected chi connectivity index (χ4v) is 3.28. The monoisotopic (exact) mass is 348 g/mol. The van der Waals surface area contributed by atoms with Gasteiger partial charge in [-0.2, -0.15) is 5.10 Å². The zero-order valence-electron chi connectivity index (χ0n) is 13.6. The number of hydrogen-bond acceptors (Lipinski definition) is 4. The summed E-state index contributed by atoms with van der Waals surface area (Å²) >= 11 is 6.48. The van der Waals surface area contributed by atoms with Crippen LogP contribution in [-0.2, 0) is 22.6 Å². The maximum atomic E-state index is 11.7. The number of hydrogen-bond donors (Lipinski definition) is 1. The SMILES string of the molecule is C[C@H]1OCCN(Cc2cnn(Cc3ccccc3)c2Cl)[C@@H]1C(N)=O. The number of ether oxygens (including phenoxy) is 1. The van der Waals surface area contributed by atoms with Gasteiger partial charge in [-0.15, -0.1) is 0 Å². The molecule has 0 bridgehead atoms. The molecule has 1 aliphatic heterocycles. The fraction of sp³-hybridized carbons (Fsp3) is 0.412. The molecule has 0 aliphatic carbocycles. The lowest BCUT2D eigenvalue weighted by Gasteiger charge is -2.37. The maximum absolute atomic E-state index is 11.7. The van der Waals surface area contributed by atoms with E-state index in [4.69, 9.17) is 22.1 Å². The topological polar surface area (TPSA) is 73.4 Å². The zero-order chi connectivity index (χ0) is 17.1. The van der Waals surface area contributed by atoms with E-state index < -0.39 is 6.04 Å². The van der Waals surface area contributed by atoms with Gasteiger partial charge in [-0.1, -0.05) is 41.9 Å². The summed E-state index contributed by atoms with van der Waals surface area (Å²) in [5.74, 6) is -0.380. The smallest absolute Gasteiger partial charge is 0.237 e. The highest BCUT2D eigenvalue weighted by Crippen LogP contribution is 2.22. The molecule has 2 N–H and O–H groups in total. The molecule has 24 heavy (non-hydrogen) atoms. The van der Waals surface area contributed by atoms with Gasteiger partial charge in [0.1, 0.15) is 11.2 Å². The Balaban J connectivity index is 1.75. The van der Waals surface area contributed by atoms with Crippen LogP contribution in [0.2, 0.25) is 5.15 Å². The van der Waals surface area contributed by atoms with E-state index in [9.17, 15) is 4.79 Å². The minimum absolute atomic E-state index is 0.227. The number of rotatable bonds is 5. The molecular weight excluding hydrogens is 328 g/mol. The number of aromatic nitrogens is 2. The van der Waals surface area contributed by atoms with Crippen LogP contribution < -0.4 is 5.73 Å². The van der Waals surface area contributed by atoms with Gasteiger partial charge in [-0.3, -0.25) is 9.69 Å². The van der Waals surface area contributed by atoms with E-state index in [2.05, 4.69) is 5.10 Å². The molecule has 2 heterocycles. The predicted molar refractivity (Wildman–Crippen MR) is 91.6 cm³/mol. The van der Waals surface area contributed by atoms with Crippen LogP contribution >= 0.6 is 11.6 Å². The standard InChI is InChI=1S/C17H21ClN4O2/c1-12-15(17(19)23)21(7-8-24-12)11-14-9-20-22(16(14)18)10-13-5-3-2-4-6-13/h2-6,9,12,15H,7-8,10-11H2,1H3,(H2,19,23)/t12-,15+/m1/s1. The Morgan fingerprint density at radius 2 is 2.12 bits per heavy atom. The van der Waals surface area contributed by atoms with E-state index >= 15 is 0 Å². The van der Waals surface area contributed by atoms with Crippen LogP contribution in [0.15, 0.2) is 36.5 Å². The molecule has 1 fully saturated rings. The first-order chi connectivity index (χ1) is 11.6. The summed E-state index contributed by atoms with van der Waals surface area (Å²) in [6.45, 7) is 4.20. The highest BCUT2D eigenvalue weighted by molar-refractivity contribution is 6.30. The number of morpholine rings is 1. The second-order valence-corrected chi connectivity index (χ2v) is 6.36. The number of halogens is 1. The van der Waals surface area contributed by atoms with Crippen molar-refractivity contribution in [2.75, 3.05) is 13.2 Å². The van der Waals surface area contributed by atoms with Crippen molar-refractivity contribution in [2.45, 2.75) is 32.2 Å². The van der Waals surface area contributed by atoms with E-state index in [-0.39, 0.29) is 12.0 Å². The van der Waals surface area contributed by atoms with Crippen LogP contribution in [0.25, 0.3) is 0 Å². The Morgan fingerprint density at radius 3 is 2.83 bits per heavy atom. The first-order valence-corrected chi connectivity index (χ1v) is 8.33. The first kappa shape index (κ1) is 17.0. The number of nitrogens with two attached hydrogens (primary N) is 1. The molecule has 0 unspecified atom stereocenters. The lowest BCUT2D eigenvalue weighted by Crippen LogP contribution is -2.56. The second kappa shape index (κ2) is 7.34. The molecule has 1 amide bonds. The third-order valence-corrected chi connectivity index (χ3v) is 4.72. The van der Waals surface area contributed by atoms with Crippen molar-refractivity contribution in [1.29, 1.82) is 0 Å². The molecular formula is C17H21ClN4O2. The molecule has 2 atom stereocenters. The Hall–Kier alpha value is -1.89. The van der Waals surface area contributed by atoms with E-state index in [1.807, 2.05) is 42.2 Å². The van der Waals surface area contributed by atoms with Crippen LogP contribution in [0.3, 0.4) is 0 Å². The van der Waals surface area contributed by atoms with E-state index in [0.717, 1.165) is 11.1 Å². The van der Waals surface area contributed by atoms with Crippen molar-refractivity contribution in [3.8, 4) is 0 Å². The van der Waals surface area contributed by atoms with Crippen LogP contribution in [0.1, 0.15) is 18.1 Å². The number of amides is 1. The Kier molecular flexibility index (Phi) is 5.18. The largest absolute Gasteiger partial charge is 0.375 e. The first-order valence-electron chi connectivity index (χ1n) is 7.95. The molecule has 1 aromatic heterocycles. The lowest BCUT2D eigenvalue weighted by atomic mass is 10.1. The molecule has 0 radical (unpaired) electrons. The van der Waals surface area contributed by atoms with Crippen LogP contribution in [0.4, 0.5) is 0 Å². The minimum atomic E-state index is -0.452. The Bertz CT molecular complexity index is 704. The van der Waals surface area contributed by atoms with Crippen molar-refractivity contribution < 1.29 is 9.53 Å². The van der Waals surface area contributed by atoms with Crippen molar-refractivity contribution in [1.82, 2.24) is 14.7 Å². The van der Waals surface area contributed by atoms with Gasteiger partial charge in [0.25, 0.3) is 0 Å². The molecule has 1 aliphatic rings. The fourth-order valence-electron chi connectivity index (χ4n) is 3.07. The van der Waals surface area contributed by atoms with Crippen LogP contribution in [0.5, 0.6) is 0 Å². The van der Waals surface area contributed by atoms with Gasteiger partial charge in [-0.25, -0.2) is 4.68 Å². The number of carbonyl (C=O) groups is 1. The molecule has 0 spiro atoms. The Morgan fingerprint density at radius 1 is 1.38 bits per heavy atom. The molecule has 0 saturated carbocycles. The third kappa shape index (κ3) is 3.61. The van der Waals surface area contributed by atoms with Gasteiger partial charge in [-0.05, 0) is 12.5 Å². The van der Waals surface area contributed by atoms with Crippen molar-refractivity contribution in [3.63, 3.8) is 0 Å². The van der Waals surface area contributed by atoms with Crippen molar-refractivity contribution in [3.05, 3.63) is 52.8 Å². The molecule has 1 saturated heterocycles. The van der Waals surface area contributed by atoms with Gasteiger partial charge >= 0.3 is 0 Å². The van der Waals surface area contributed by atoms with Gasteiger partial charge in [0.2, 0.25) is 5.91 Å². The molecule has 3 rings (SSSR count). The molecule has 7 heteroatoms. The number of carbonyl (C=O) groups excluding carboxylic acids is 1. The summed E-state index contributed by atoms with van der Waals surface area (Å²) in [5, 5.41) is 4.96.